The molecular weight excluding hydrogens is 218 g/mol. The Kier molecular flexibility index (Phi) is 6.01. The zero-order chi connectivity index (χ0) is 11.8. The highest BCUT2D eigenvalue weighted by Crippen LogP contribution is 2.11. The SMILES string of the molecule is CC[C@H](C)NC(=O)CSCc1ccccc1. The number of carbonyl (C=O) groups excluding carboxylic acids is 1. The van der Waals surface area contributed by atoms with Crippen molar-refractivity contribution < 1.29 is 4.79 Å². The lowest BCUT2D eigenvalue weighted by Crippen LogP contribution is -2.33. The third-order valence-corrected chi connectivity index (χ3v) is 3.37. The van der Waals surface area contributed by atoms with E-state index < -0.39 is 0 Å². The van der Waals surface area contributed by atoms with Gasteiger partial charge in [0.25, 0.3) is 0 Å². The van der Waals surface area contributed by atoms with Crippen LogP contribution >= 0.6 is 11.8 Å². The highest BCUT2D eigenvalue weighted by Gasteiger charge is 2.04. The van der Waals surface area contributed by atoms with Crippen molar-refractivity contribution in [1.29, 1.82) is 0 Å². The number of hydrogen-bond acceptors (Lipinski definition) is 2. The van der Waals surface area contributed by atoms with Crippen molar-refractivity contribution in [3.63, 3.8) is 0 Å². The molecule has 1 amide bonds. The zero-order valence-electron chi connectivity index (χ0n) is 9.90. The van der Waals surface area contributed by atoms with Gasteiger partial charge in [0.15, 0.2) is 0 Å². The van der Waals surface area contributed by atoms with Gasteiger partial charge in [-0.2, -0.15) is 0 Å². The molecule has 0 unspecified atom stereocenters. The predicted molar refractivity (Wildman–Crippen MR) is 70.5 cm³/mol. The molecule has 1 aromatic carbocycles. The second-order valence-electron chi connectivity index (χ2n) is 3.86. The molecule has 0 aliphatic heterocycles. The van der Waals surface area contributed by atoms with Crippen LogP contribution in [0.3, 0.4) is 0 Å². The Morgan fingerprint density at radius 2 is 2.06 bits per heavy atom. The summed E-state index contributed by atoms with van der Waals surface area (Å²) in [5.74, 6) is 1.57. The van der Waals surface area contributed by atoms with E-state index in [0.717, 1.165) is 12.2 Å². The van der Waals surface area contributed by atoms with Crippen LogP contribution in [-0.2, 0) is 10.5 Å². The molecular formula is C13H19NOS. The molecule has 0 radical (unpaired) electrons. The van der Waals surface area contributed by atoms with Gasteiger partial charge in [-0.1, -0.05) is 37.3 Å². The van der Waals surface area contributed by atoms with Crippen LogP contribution in [0.15, 0.2) is 30.3 Å². The molecule has 0 spiro atoms. The summed E-state index contributed by atoms with van der Waals surface area (Å²) < 4.78 is 0. The first kappa shape index (κ1) is 13.1. The molecule has 0 heterocycles. The summed E-state index contributed by atoms with van der Waals surface area (Å²) in [5.41, 5.74) is 1.27. The van der Waals surface area contributed by atoms with Crippen LogP contribution < -0.4 is 5.32 Å². The first-order valence-electron chi connectivity index (χ1n) is 5.63. The topological polar surface area (TPSA) is 29.1 Å². The van der Waals surface area contributed by atoms with Crippen LogP contribution in [0.25, 0.3) is 0 Å². The van der Waals surface area contributed by atoms with Gasteiger partial charge in [-0.25, -0.2) is 0 Å². The van der Waals surface area contributed by atoms with E-state index in [9.17, 15) is 4.79 Å². The molecule has 0 aromatic heterocycles. The van der Waals surface area contributed by atoms with Gasteiger partial charge in [-0.05, 0) is 18.9 Å². The number of amides is 1. The number of thioether (sulfide) groups is 1. The smallest absolute Gasteiger partial charge is 0.230 e. The van der Waals surface area contributed by atoms with E-state index in [-0.39, 0.29) is 11.9 Å². The monoisotopic (exact) mass is 237 g/mol. The highest BCUT2D eigenvalue weighted by atomic mass is 32.2. The lowest BCUT2D eigenvalue weighted by atomic mass is 10.2. The van der Waals surface area contributed by atoms with E-state index in [2.05, 4.69) is 24.4 Å². The molecule has 0 aliphatic rings. The van der Waals surface area contributed by atoms with Crippen molar-refractivity contribution in [2.45, 2.75) is 32.1 Å². The fourth-order valence-corrected chi connectivity index (χ4v) is 2.05. The Morgan fingerprint density at radius 3 is 2.69 bits per heavy atom. The minimum atomic E-state index is 0.135. The fourth-order valence-electron chi connectivity index (χ4n) is 1.25. The zero-order valence-corrected chi connectivity index (χ0v) is 10.7. The van der Waals surface area contributed by atoms with E-state index in [1.807, 2.05) is 25.1 Å². The van der Waals surface area contributed by atoms with Gasteiger partial charge in [0.05, 0.1) is 5.75 Å². The Bertz CT molecular complexity index is 313. The van der Waals surface area contributed by atoms with Crippen LogP contribution in [-0.4, -0.2) is 17.7 Å². The predicted octanol–water partition coefficient (Wildman–Crippen LogP) is 2.83. The largest absolute Gasteiger partial charge is 0.353 e. The minimum Gasteiger partial charge on any atom is -0.353 e. The second-order valence-corrected chi connectivity index (χ2v) is 4.84. The average Bonchev–Trinajstić information content (AvgIpc) is 2.30. The Balaban J connectivity index is 2.18. The summed E-state index contributed by atoms with van der Waals surface area (Å²) in [4.78, 5) is 11.5. The first-order valence-corrected chi connectivity index (χ1v) is 6.79. The third-order valence-electron chi connectivity index (χ3n) is 2.36. The van der Waals surface area contributed by atoms with E-state index >= 15 is 0 Å². The first-order chi connectivity index (χ1) is 7.72. The molecule has 1 aromatic rings. The van der Waals surface area contributed by atoms with Gasteiger partial charge >= 0.3 is 0 Å². The second kappa shape index (κ2) is 7.34. The van der Waals surface area contributed by atoms with Gasteiger partial charge in [0, 0.05) is 11.8 Å². The molecule has 0 saturated carbocycles. The highest BCUT2D eigenvalue weighted by molar-refractivity contribution is 7.99. The van der Waals surface area contributed by atoms with E-state index in [1.165, 1.54) is 5.56 Å². The molecule has 1 atom stereocenters. The van der Waals surface area contributed by atoms with E-state index in [0.29, 0.717) is 5.75 Å². The lowest BCUT2D eigenvalue weighted by molar-refractivity contribution is -0.119. The number of rotatable bonds is 6. The normalized spacial score (nSPS) is 12.1. The molecule has 3 heteroatoms. The quantitative estimate of drug-likeness (QED) is 0.824. The van der Waals surface area contributed by atoms with Crippen LogP contribution in [0.5, 0.6) is 0 Å². The maximum atomic E-state index is 11.5. The fraction of sp³-hybridized carbons (Fsp3) is 0.462. The van der Waals surface area contributed by atoms with Gasteiger partial charge in [0.2, 0.25) is 5.91 Å². The summed E-state index contributed by atoms with van der Waals surface area (Å²) in [5, 5.41) is 2.96. The van der Waals surface area contributed by atoms with Gasteiger partial charge in [-0.15, -0.1) is 11.8 Å². The number of carbonyl (C=O) groups is 1. The van der Waals surface area contributed by atoms with Crippen molar-refractivity contribution >= 4 is 17.7 Å². The van der Waals surface area contributed by atoms with Crippen LogP contribution in [0, 0.1) is 0 Å². The maximum Gasteiger partial charge on any atom is 0.230 e. The number of benzene rings is 1. The van der Waals surface area contributed by atoms with Crippen molar-refractivity contribution in [2.24, 2.45) is 0 Å². The van der Waals surface area contributed by atoms with Crippen molar-refractivity contribution in [1.82, 2.24) is 5.32 Å². The maximum absolute atomic E-state index is 11.5. The molecule has 2 nitrogen and oxygen atoms in total. The van der Waals surface area contributed by atoms with E-state index in [4.69, 9.17) is 0 Å². The molecule has 0 fully saturated rings. The molecule has 1 rings (SSSR count). The third kappa shape index (κ3) is 5.21. The van der Waals surface area contributed by atoms with E-state index in [1.54, 1.807) is 11.8 Å². The summed E-state index contributed by atoms with van der Waals surface area (Å²) in [6, 6.07) is 10.5. The molecule has 0 saturated heterocycles. The molecule has 16 heavy (non-hydrogen) atoms. The van der Waals surface area contributed by atoms with Gasteiger partial charge < -0.3 is 5.32 Å². The van der Waals surface area contributed by atoms with Gasteiger partial charge in [0.1, 0.15) is 0 Å². The molecule has 88 valence electrons. The molecule has 0 bridgehead atoms. The Morgan fingerprint density at radius 1 is 1.38 bits per heavy atom. The number of nitrogens with one attached hydrogen (secondary N) is 1. The van der Waals surface area contributed by atoms with Crippen molar-refractivity contribution in [3.8, 4) is 0 Å². The van der Waals surface area contributed by atoms with Crippen LogP contribution in [0.4, 0.5) is 0 Å². The molecule has 0 aliphatic carbocycles. The summed E-state index contributed by atoms with van der Waals surface area (Å²) in [6.07, 6.45) is 0.981. The van der Waals surface area contributed by atoms with Crippen LogP contribution in [0.1, 0.15) is 25.8 Å². The van der Waals surface area contributed by atoms with Crippen LogP contribution in [0.2, 0.25) is 0 Å². The lowest BCUT2D eigenvalue weighted by Gasteiger charge is -2.10. The minimum absolute atomic E-state index is 0.135. The van der Waals surface area contributed by atoms with Gasteiger partial charge in [-0.3, -0.25) is 4.79 Å². The Hall–Kier alpha value is -0.960. The van der Waals surface area contributed by atoms with Crippen molar-refractivity contribution in [2.75, 3.05) is 5.75 Å². The van der Waals surface area contributed by atoms with Crippen molar-refractivity contribution in [3.05, 3.63) is 35.9 Å². The number of hydrogen-bond donors (Lipinski definition) is 1. The Labute approximate surface area is 102 Å². The standard InChI is InChI=1S/C13H19NOS/c1-3-11(2)14-13(15)10-16-9-12-7-5-4-6-8-12/h4-8,11H,3,9-10H2,1-2H3,(H,14,15)/t11-/m0/s1. The summed E-state index contributed by atoms with van der Waals surface area (Å²) >= 11 is 1.65. The average molecular weight is 237 g/mol. The summed E-state index contributed by atoms with van der Waals surface area (Å²) in [6.45, 7) is 4.10. The summed E-state index contributed by atoms with van der Waals surface area (Å²) in [7, 11) is 0. The molecule has 1 N–H and O–H groups in total.